The normalized spacial score (nSPS) is 10.0. The molecular weight excluding hydrogens is 212 g/mol. The van der Waals surface area contributed by atoms with Crippen molar-refractivity contribution in [2.24, 2.45) is 0 Å². The van der Waals surface area contributed by atoms with Crippen LogP contribution < -0.4 is 4.90 Å². The molecule has 0 amide bonds. The van der Waals surface area contributed by atoms with Gasteiger partial charge < -0.3 is 10.0 Å². The molecule has 0 aliphatic carbocycles. The van der Waals surface area contributed by atoms with E-state index in [4.69, 9.17) is 10.4 Å². The van der Waals surface area contributed by atoms with Crippen LogP contribution in [-0.4, -0.2) is 25.3 Å². The molecule has 0 fully saturated rings. The number of para-hydroxylation sites is 1. The number of benzene rings is 1. The Labute approximate surface area is 103 Å². The maximum atomic E-state index is 9.09. The van der Waals surface area contributed by atoms with Gasteiger partial charge in [0.2, 0.25) is 0 Å². The van der Waals surface area contributed by atoms with E-state index in [1.165, 1.54) is 0 Å². The van der Waals surface area contributed by atoms with Crippen molar-refractivity contribution in [1.29, 1.82) is 5.26 Å². The molecule has 0 aliphatic rings. The number of hydrogen-bond donors (Lipinski definition) is 1. The molecule has 0 aromatic heterocycles. The van der Waals surface area contributed by atoms with Crippen molar-refractivity contribution in [3.8, 4) is 6.07 Å². The second kappa shape index (κ2) is 6.93. The van der Waals surface area contributed by atoms with Crippen LogP contribution in [0.25, 0.3) is 0 Å². The zero-order chi connectivity index (χ0) is 12.7. The SMILES string of the molecule is Cc1cccc(C#N)c1N(C)CCCCCO. The molecule has 17 heavy (non-hydrogen) atoms. The summed E-state index contributed by atoms with van der Waals surface area (Å²) in [4.78, 5) is 2.13. The smallest absolute Gasteiger partial charge is 0.101 e. The summed E-state index contributed by atoms with van der Waals surface area (Å²) in [7, 11) is 2.02. The van der Waals surface area contributed by atoms with E-state index in [1.807, 2.05) is 32.2 Å². The van der Waals surface area contributed by atoms with E-state index in [-0.39, 0.29) is 6.61 Å². The number of hydrogen-bond acceptors (Lipinski definition) is 3. The van der Waals surface area contributed by atoms with Crippen LogP contribution in [0, 0.1) is 18.3 Å². The minimum Gasteiger partial charge on any atom is -0.396 e. The van der Waals surface area contributed by atoms with E-state index in [0.29, 0.717) is 0 Å². The number of unbranched alkanes of at least 4 members (excludes halogenated alkanes) is 2. The summed E-state index contributed by atoms with van der Waals surface area (Å²) in [5.41, 5.74) is 2.89. The summed E-state index contributed by atoms with van der Waals surface area (Å²) in [5.74, 6) is 0. The number of aryl methyl sites for hydroxylation is 1. The Kier molecular flexibility index (Phi) is 5.51. The van der Waals surface area contributed by atoms with Crippen molar-refractivity contribution < 1.29 is 5.11 Å². The van der Waals surface area contributed by atoms with Crippen LogP contribution in [-0.2, 0) is 0 Å². The monoisotopic (exact) mass is 232 g/mol. The lowest BCUT2D eigenvalue weighted by molar-refractivity contribution is 0.283. The van der Waals surface area contributed by atoms with Crippen LogP contribution in [0.1, 0.15) is 30.4 Å². The highest BCUT2D eigenvalue weighted by Gasteiger charge is 2.09. The van der Waals surface area contributed by atoms with Crippen LogP contribution in [0.4, 0.5) is 5.69 Å². The molecule has 0 radical (unpaired) electrons. The molecule has 0 bridgehead atoms. The molecule has 3 heteroatoms. The standard InChI is InChI=1S/C14H20N2O/c1-12-7-6-8-13(11-15)14(12)16(2)9-4-3-5-10-17/h6-8,17H,3-5,9-10H2,1-2H3. The molecule has 0 spiro atoms. The van der Waals surface area contributed by atoms with Gasteiger partial charge in [0.15, 0.2) is 0 Å². The topological polar surface area (TPSA) is 47.3 Å². The molecule has 0 heterocycles. The average molecular weight is 232 g/mol. The first-order chi connectivity index (χ1) is 8.20. The third-order valence-corrected chi connectivity index (χ3v) is 2.89. The van der Waals surface area contributed by atoms with E-state index < -0.39 is 0 Å². The minimum atomic E-state index is 0.261. The van der Waals surface area contributed by atoms with Crippen LogP contribution in [0.2, 0.25) is 0 Å². The number of aliphatic hydroxyl groups excluding tert-OH is 1. The Morgan fingerprint density at radius 3 is 2.71 bits per heavy atom. The predicted molar refractivity (Wildman–Crippen MR) is 70.1 cm³/mol. The first-order valence-corrected chi connectivity index (χ1v) is 6.02. The van der Waals surface area contributed by atoms with Crippen molar-refractivity contribution in [2.45, 2.75) is 26.2 Å². The van der Waals surface area contributed by atoms with Crippen molar-refractivity contribution in [3.63, 3.8) is 0 Å². The highest BCUT2D eigenvalue weighted by atomic mass is 16.2. The van der Waals surface area contributed by atoms with Crippen molar-refractivity contribution in [3.05, 3.63) is 29.3 Å². The Morgan fingerprint density at radius 2 is 2.06 bits per heavy atom. The van der Waals surface area contributed by atoms with E-state index in [2.05, 4.69) is 11.0 Å². The first kappa shape index (κ1) is 13.5. The molecule has 0 saturated heterocycles. The summed E-state index contributed by atoms with van der Waals surface area (Å²) >= 11 is 0. The Morgan fingerprint density at radius 1 is 1.29 bits per heavy atom. The second-order valence-corrected chi connectivity index (χ2v) is 4.29. The number of rotatable bonds is 6. The lowest BCUT2D eigenvalue weighted by Crippen LogP contribution is -2.20. The van der Waals surface area contributed by atoms with E-state index in [9.17, 15) is 0 Å². The van der Waals surface area contributed by atoms with Crippen LogP contribution in [0.3, 0.4) is 0 Å². The summed E-state index contributed by atoms with van der Waals surface area (Å²) in [5, 5.41) is 17.8. The fraction of sp³-hybridized carbons (Fsp3) is 0.500. The largest absolute Gasteiger partial charge is 0.396 e. The van der Waals surface area contributed by atoms with Gasteiger partial charge >= 0.3 is 0 Å². The van der Waals surface area contributed by atoms with Crippen LogP contribution in [0.15, 0.2) is 18.2 Å². The first-order valence-electron chi connectivity index (χ1n) is 6.02. The predicted octanol–water partition coefficient (Wildman–Crippen LogP) is 2.47. The highest BCUT2D eigenvalue weighted by Crippen LogP contribution is 2.23. The molecule has 0 atom stereocenters. The third kappa shape index (κ3) is 3.76. The average Bonchev–Trinajstić information content (AvgIpc) is 2.34. The highest BCUT2D eigenvalue weighted by molar-refractivity contribution is 5.63. The quantitative estimate of drug-likeness (QED) is 0.766. The lowest BCUT2D eigenvalue weighted by Gasteiger charge is -2.22. The second-order valence-electron chi connectivity index (χ2n) is 4.29. The van der Waals surface area contributed by atoms with Crippen LogP contribution >= 0.6 is 0 Å². The van der Waals surface area contributed by atoms with Gasteiger partial charge in [-0.2, -0.15) is 5.26 Å². The maximum absolute atomic E-state index is 9.09. The molecule has 1 N–H and O–H groups in total. The van der Waals surface area contributed by atoms with Gasteiger partial charge in [-0.1, -0.05) is 12.1 Å². The number of aliphatic hydroxyl groups is 1. The minimum absolute atomic E-state index is 0.261. The zero-order valence-corrected chi connectivity index (χ0v) is 10.6. The summed E-state index contributed by atoms with van der Waals surface area (Å²) in [6.07, 6.45) is 2.91. The van der Waals surface area contributed by atoms with Gasteiger partial charge in [0.05, 0.1) is 11.3 Å². The molecule has 1 aromatic rings. The van der Waals surface area contributed by atoms with Crippen molar-refractivity contribution in [2.75, 3.05) is 25.1 Å². The summed E-state index contributed by atoms with van der Waals surface area (Å²) < 4.78 is 0. The molecule has 0 saturated carbocycles. The van der Waals surface area contributed by atoms with Gasteiger partial charge in [-0.25, -0.2) is 0 Å². The van der Waals surface area contributed by atoms with Gasteiger partial charge in [-0.3, -0.25) is 0 Å². The lowest BCUT2D eigenvalue weighted by atomic mass is 10.1. The van der Waals surface area contributed by atoms with Gasteiger partial charge in [0.25, 0.3) is 0 Å². The molecule has 0 unspecified atom stereocenters. The number of nitriles is 1. The Bertz CT molecular complexity index is 396. The van der Waals surface area contributed by atoms with Gasteiger partial charge in [0.1, 0.15) is 6.07 Å². The molecule has 1 rings (SSSR count). The zero-order valence-electron chi connectivity index (χ0n) is 10.6. The van der Waals surface area contributed by atoms with E-state index >= 15 is 0 Å². The van der Waals surface area contributed by atoms with E-state index in [1.54, 1.807) is 0 Å². The molecule has 3 nitrogen and oxygen atoms in total. The third-order valence-electron chi connectivity index (χ3n) is 2.89. The van der Waals surface area contributed by atoms with Crippen molar-refractivity contribution >= 4 is 5.69 Å². The Hall–Kier alpha value is -1.53. The van der Waals surface area contributed by atoms with Crippen molar-refractivity contribution in [1.82, 2.24) is 0 Å². The fourth-order valence-electron chi connectivity index (χ4n) is 2.01. The molecule has 0 aliphatic heterocycles. The van der Waals surface area contributed by atoms with Gasteiger partial charge in [-0.15, -0.1) is 0 Å². The Balaban J connectivity index is 2.68. The molecular formula is C14H20N2O. The number of anilines is 1. The fourth-order valence-corrected chi connectivity index (χ4v) is 2.01. The summed E-state index contributed by atoms with van der Waals surface area (Å²) in [6, 6.07) is 8.03. The van der Waals surface area contributed by atoms with Gasteiger partial charge in [-0.05, 0) is 37.8 Å². The number of nitrogens with zero attached hydrogens (tertiary/aromatic N) is 2. The molecule has 1 aromatic carbocycles. The maximum Gasteiger partial charge on any atom is 0.101 e. The van der Waals surface area contributed by atoms with E-state index in [0.717, 1.165) is 42.6 Å². The van der Waals surface area contributed by atoms with Gasteiger partial charge in [0, 0.05) is 20.2 Å². The van der Waals surface area contributed by atoms with Crippen LogP contribution in [0.5, 0.6) is 0 Å². The summed E-state index contributed by atoms with van der Waals surface area (Å²) in [6.45, 7) is 3.21. The molecule has 92 valence electrons.